The first kappa shape index (κ1) is 15.1. The van der Waals surface area contributed by atoms with Crippen molar-refractivity contribution in [2.45, 2.75) is 19.9 Å². The van der Waals surface area contributed by atoms with Gasteiger partial charge in [0.05, 0.1) is 25.9 Å². The summed E-state index contributed by atoms with van der Waals surface area (Å²) in [6.45, 7) is 3.90. The van der Waals surface area contributed by atoms with Crippen molar-refractivity contribution in [2.24, 2.45) is 0 Å². The Hall–Kier alpha value is -2.34. The number of nitrogens with zero attached hydrogens (tertiary/aromatic N) is 1. The van der Waals surface area contributed by atoms with Gasteiger partial charge in [-0.05, 0) is 38.1 Å². The number of oxazole rings is 1. The smallest absolute Gasteiger partial charge is 0.238 e. The quantitative estimate of drug-likeness (QED) is 0.853. The summed E-state index contributed by atoms with van der Waals surface area (Å²) in [5.41, 5.74) is 0.724. The van der Waals surface area contributed by atoms with E-state index < -0.39 is 0 Å². The monoisotopic (exact) mass is 289 g/mol. The minimum absolute atomic E-state index is 0.125. The molecule has 2 rings (SSSR count). The van der Waals surface area contributed by atoms with E-state index in [1.807, 2.05) is 13.8 Å². The van der Waals surface area contributed by atoms with E-state index in [1.54, 1.807) is 37.6 Å². The van der Waals surface area contributed by atoms with Crippen molar-refractivity contribution < 1.29 is 13.9 Å². The number of aryl methyl sites for hydroxylation is 1. The Morgan fingerprint density at radius 1 is 1.38 bits per heavy atom. The maximum atomic E-state index is 11.9. The highest BCUT2D eigenvalue weighted by Gasteiger charge is 2.12. The first-order chi connectivity index (χ1) is 10.1. The van der Waals surface area contributed by atoms with Crippen LogP contribution in [0.15, 0.2) is 34.9 Å². The highest BCUT2D eigenvalue weighted by atomic mass is 16.5. The summed E-state index contributed by atoms with van der Waals surface area (Å²) in [7, 11) is 1.60. The number of amides is 1. The van der Waals surface area contributed by atoms with Crippen LogP contribution in [0.2, 0.25) is 0 Å². The van der Waals surface area contributed by atoms with Crippen LogP contribution in [0.5, 0.6) is 5.75 Å². The zero-order chi connectivity index (χ0) is 15.2. The van der Waals surface area contributed by atoms with Gasteiger partial charge in [-0.1, -0.05) is 0 Å². The topological polar surface area (TPSA) is 76.4 Å². The molecule has 0 aliphatic carbocycles. The van der Waals surface area contributed by atoms with Gasteiger partial charge in [-0.25, -0.2) is 4.98 Å². The summed E-state index contributed by atoms with van der Waals surface area (Å²) >= 11 is 0. The minimum atomic E-state index is -0.129. The molecule has 0 bridgehead atoms. The maximum Gasteiger partial charge on any atom is 0.238 e. The van der Waals surface area contributed by atoms with Crippen LogP contribution in [0.3, 0.4) is 0 Å². The van der Waals surface area contributed by atoms with Gasteiger partial charge in [-0.2, -0.15) is 0 Å². The van der Waals surface area contributed by atoms with Crippen molar-refractivity contribution in [3.63, 3.8) is 0 Å². The molecule has 1 heterocycles. The molecule has 21 heavy (non-hydrogen) atoms. The zero-order valence-corrected chi connectivity index (χ0v) is 12.3. The van der Waals surface area contributed by atoms with E-state index in [1.165, 1.54) is 0 Å². The van der Waals surface area contributed by atoms with Crippen molar-refractivity contribution in [1.29, 1.82) is 0 Å². The van der Waals surface area contributed by atoms with Gasteiger partial charge >= 0.3 is 0 Å². The molecule has 0 saturated carbocycles. The Bertz CT molecular complexity index is 592. The standard InChI is InChI=1S/C15H19N3O3/c1-10-8-17-15(21-10)11(2)16-9-14(19)18-12-4-6-13(20-3)7-5-12/h4-8,11,16H,9H2,1-3H3,(H,18,19). The fraction of sp³-hybridized carbons (Fsp3) is 0.333. The fourth-order valence-corrected chi connectivity index (χ4v) is 1.78. The summed E-state index contributed by atoms with van der Waals surface area (Å²) in [5.74, 6) is 1.94. The van der Waals surface area contributed by atoms with E-state index >= 15 is 0 Å². The van der Waals surface area contributed by atoms with Crippen molar-refractivity contribution >= 4 is 11.6 Å². The van der Waals surface area contributed by atoms with Crippen molar-refractivity contribution in [2.75, 3.05) is 19.0 Å². The third kappa shape index (κ3) is 4.32. The Morgan fingerprint density at radius 2 is 2.10 bits per heavy atom. The molecule has 6 nitrogen and oxygen atoms in total. The Kier molecular flexibility index (Phi) is 4.94. The number of nitrogens with one attached hydrogen (secondary N) is 2. The first-order valence-corrected chi connectivity index (χ1v) is 6.68. The van der Waals surface area contributed by atoms with Crippen molar-refractivity contribution in [3.8, 4) is 5.75 Å². The molecule has 2 aromatic rings. The summed E-state index contributed by atoms with van der Waals surface area (Å²) in [4.78, 5) is 16.0. The van der Waals surface area contributed by atoms with Gasteiger partial charge in [-0.15, -0.1) is 0 Å². The van der Waals surface area contributed by atoms with E-state index in [0.29, 0.717) is 5.89 Å². The Morgan fingerprint density at radius 3 is 2.67 bits per heavy atom. The molecule has 0 saturated heterocycles. The molecule has 112 valence electrons. The second kappa shape index (κ2) is 6.90. The summed E-state index contributed by atoms with van der Waals surface area (Å²) in [6.07, 6.45) is 1.66. The SMILES string of the molecule is COc1ccc(NC(=O)CNC(C)c2ncc(C)o2)cc1. The van der Waals surface area contributed by atoms with Gasteiger partial charge in [0.1, 0.15) is 11.5 Å². The summed E-state index contributed by atoms with van der Waals surface area (Å²) in [6, 6.07) is 7.04. The molecule has 0 aliphatic rings. The molecule has 1 aromatic heterocycles. The van der Waals surface area contributed by atoms with Gasteiger partial charge in [0.15, 0.2) is 0 Å². The molecule has 0 radical (unpaired) electrons. The Labute approximate surface area is 123 Å². The Balaban J connectivity index is 1.81. The van der Waals surface area contributed by atoms with Crippen LogP contribution >= 0.6 is 0 Å². The highest BCUT2D eigenvalue weighted by Crippen LogP contribution is 2.15. The van der Waals surface area contributed by atoms with E-state index in [-0.39, 0.29) is 18.5 Å². The number of rotatable bonds is 6. The molecule has 6 heteroatoms. The number of carbonyl (C=O) groups excluding carboxylic acids is 1. The zero-order valence-electron chi connectivity index (χ0n) is 12.3. The average Bonchev–Trinajstić information content (AvgIpc) is 2.92. The predicted octanol–water partition coefficient (Wildman–Crippen LogP) is 2.28. The second-order valence-electron chi connectivity index (χ2n) is 4.69. The lowest BCUT2D eigenvalue weighted by Gasteiger charge is -2.11. The summed E-state index contributed by atoms with van der Waals surface area (Å²) < 4.78 is 10.5. The number of ether oxygens (including phenoxy) is 1. The largest absolute Gasteiger partial charge is 0.497 e. The average molecular weight is 289 g/mol. The van der Waals surface area contributed by atoms with Gasteiger partial charge in [-0.3, -0.25) is 10.1 Å². The number of benzene rings is 1. The van der Waals surface area contributed by atoms with Gasteiger partial charge < -0.3 is 14.5 Å². The number of anilines is 1. The molecule has 1 aromatic carbocycles. The normalized spacial score (nSPS) is 12.0. The van der Waals surface area contributed by atoms with Crippen LogP contribution in [0.25, 0.3) is 0 Å². The molecule has 1 atom stereocenters. The van der Waals surface area contributed by atoms with E-state index in [4.69, 9.17) is 9.15 Å². The molecule has 2 N–H and O–H groups in total. The lowest BCUT2D eigenvalue weighted by atomic mass is 10.3. The maximum absolute atomic E-state index is 11.9. The fourth-order valence-electron chi connectivity index (χ4n) is 1.78. The van der Waals surface area contributed by atoms with Crippen LogP contribution in [0.1, 0.15) is 24.6 Å². The third-order valence-electron chi connectivity index (χ3n) is 2.95. The number of carbonyl (C=O) groups is 1. The van der Waals surface area contributed by atoms with Gasteiger partial charge in [0, 0.05) is 5.69 Å². The van der Waals surface area contributed by atoms with E-state index in [0.717, 1.165) is 17.2 Å². The van der Waals surface area contributed by atoms with Crippen LogP contribution in [0.4, 0.5) is 5.69 Å². The predicted molar refractivity (Wildman–Crippen MR) is 79.3 cm³/mol. The van der Waals surface area contributed by atoms with Gasteiger partial charge in [0.2, 0.25) is 11.8 Å². The number of aromatic nitrogens is 1. The minimum Gasteiger partial charge on any atom is -0.497 e. The van der Waals surface area contributed by atoms with Crippen LogP contribution in [0, 0.1) is 6.92 Å². The molecular weight excluding hydrogens is 270 g/mol. The highest BCUT2D eigenvalue weighted by molar-refractivity contribution is 5.92. The van der Waals surface area contributed by atoms with Crippen molar-refractivity contribution in [3.05, 3.63) is 42.1 Å². The second-order valence-corrected chi connectivity index (χ2v) is 4.69. The van der Waals surface area contributed by atoms with Crippen LogP contribution in [-0.4, -0.2) is 24.5 Å². The summed E-state index contributed by atoms with van der Waals surface area (Å²) in [5, 5.41) is 5.86. The lowest BCUT2D eigenvalue weighted by molar-refractivity contribution is -0.115. The van der Waals surface area contributed by atoms with E-state index in [9.17, 15) is 4.79 Å². The molecule has 1 unspecified atom stereocenters. The number of hydrogen-bond acceptors (Lipinski definition) is 5. The van der Waals surface area contributed by atoms with Crippen LogP contribution < -0.4 is 15.4 Å². The van der Waals surface area contributed by atoms with E-state index in [2.05, 4.69) is 15.6 Å². The van der Waals surface area contributed by atoms with Crippen molar-refractivity contribution in [1.82, 2.24) is 10.3 Å². The molecule has 0 fully saturated rings. The van der Waals surface area contributed by atoms with Crippen LogP contribution in [-0.2, 0) is 4.79 Å². The molecule has 0 spiro atoms. The third-order valence-corrected chi connectivity index (χ3v) is 2.95. The first-order valence-electron chi connectivity index (χ1n) is 6.68. The lowest BCUT2D eigenvalue weighted by Crippen LogP contribution is -2.30. The molecule has 1 amide bonds. The number of hydrogen-bond donors (Lipinski definition) is 2. The molecular formula is C15H19N3O3. The molecule has 0 aliphatic heterocycles. The van der Waals surface area contributed by atoms with Gasteiger partial charge in [0.25, 0.3) is 0 Å². The number of methoxy groups -OCH3 is 1.